The molecule has 1 heteroatoms. The number of nitrogens with zero attached hydrogens (tertiary/aromatic N) is 1. The van der Waals surface area contributed by atoms with Crippen molar-refractivity contribution in [3.05, 3.63) is 236 Å². The van der Waals surface area contributed by atoms with Crippen molar-refractivity contribution in [2.75, 3.05) is 4.90 Å². The van der Waals surface area contributed by atoms with Crippen LogP contribution in [0.4, 0.5) is 17.1 Å². The molecule has 0 saturated carbocycles. The van der Waals surface area contributed by atoms with Gasteiger partial charge in [-0.1, -0.05) is 202 Å². The van der Waals surface area contributed by atoms with Crippen LogP contribution in [0.25, 0.3) is 87.6 Å². The van der Waals surface area contributed by atoms with Crippen molar-refractivity contribution in [3.63, 3.8) is 0 Å². The molecule has 62 heavy (non-hydrogen) atoms. The number of rotatable bonds is 6. The van der Waals surface area contributed by atoms with E-state index in [4.69, 9.17) is 0 Å². The fourth-order valence-electron chi connectivity index (χ4n) is 10.5. The summed E-state index contributed by atoms with van der Waals surface area (Å²) in [7, 11) is 0. The first-order valence-corrected chi connectivity index (χ1v) is 21.7. The second-order valence-electron chi connectivity index (χ2n) is 17.2. The van der Waals surface area contributed by atoms with Gasteiger partial charge in [-0.25, -0.2) is 0 Å². The molecule has 0 N–H and O–H groups in total. The van der Waals surface area contributed by atoms with Crippen LogP contribution in [0.5, 0.6) is 0 Å². The molecule has 1 aliphatic rings. The minimum Gasteiger partial charge on any atom is -0.310 e. The van der Waals surface area contributed by atoms with Crippen LogP contribution in [0.3, 0.4) is 0 Å². The maximum atomic E-state index is 2.51. The lowest BCUT2D eigenvalue weighted by molar-refractivity contribution is 0.660. The van der Waals surface area contributed by atoms with E-state index in [2.05, 4.69) is 243 Å². The molecule has 0 aromatic heterocycles. The molecular formula is C61H43N. The van der Waals surface area contributed by atoms with Gasteiger partial charge in [-0.3, -0.25) is 0 Å². The van der Waals surface area contributed by atoms with E-state index < -0.39 is 0 Å². The van der Waals surface area contributed by atoms with Crippen molar-refractivity contribution >= 4 is 60.2 Å². The zero-order valence-electron chi connectivity index (χ0n) is 34.8. The fourth-order valence-corrected chi connectivity index (χ4v) is 10.5. The summed E-state index contributed by atoms with van der Waals surface area (Å²) in [5, 5.41) is 9.94. The van der Waals surface area contributed by atoms with Crippen molar-refractivity contribution in [1.29, 1.82) is 0 Å². The Bertz CT molecular complexity index is 3540. The number of fused-ring (bicyclic) bond motifs is 8. The van der Waals surface area contributed by atoms with Crippen LogP contribution in [-0.4, -0.2) is 0 Å². The van der Waals surface area contributed by atoms with Crippen LogP contribution in [0.1, 0.15) is 25.0 Å². The second kappa shape index (κ2) is 14.2. The largest absolute Gasteiger partial charge is 0.310 e. The van der Waals surface area contributed by atoms with E-state index in [1.807, 2.05) is 0 Å². The van der Waals surface area contributed by atoms with Gasteiger partial charge in [-0.2, -0.15) is 0 Å². The molecule has 0 amide bonds. The Hall–Kier alpha value is -7.74. The Balaban J connectivity index is 1.16. The summed E-state index contributed by atoms with van der Waals surface area (Å²) in [5.74, 6) is 0. The molecule has 0 atom stereocenters. The van der Waals surface area contributed by atoms with Crippen molar-refractivity contribution in [2.45, 2.75) is 19.3 Å². The van der Waals surface area contributed by atoms with Crippen molar-refractivity contribution in [3.8, 4) is 44.5 Å². The Morgan fingerprint density at radius 1 is 0.306 bits per heavy atom. The lowest BCUT2D eigenvalue weighted by atomic mass is 9.82. The van der Waals surface area contributed by atoms with Crippen LogP contribution in [0.15, 0.2) is 224 Å². The standard InChI is InChI=1S/C61H43N/c1-61(2)57-30-12-11-26-53(57)54-37-36-45(39-58(54)61)62(44-34-32-42(33-35-44)47-27-13-19-40-16-3-6-21-46(40)47)59-31-15-29-55(51-28-14-20-41-17-4-7-22-48(41)51)60(59)56-38-43-18-5-8-23-49(43)50-24-9-10-25-52(50)56/h3-39H,1-2H3. The van der Waals surface area contributed by atoms with Gasteiger partial charge in [-0.15, -0.1) is 0 Å². The van der Waals surface area contributed by atoms with Crippen LogP contribution < -0.4 is 4.90 Å². The highest BCUT2D eigenvalue weighted by Crippen LogP contribution is 2.53. The minimum atomic E-state index is -0.159. The maximum Gasteiger partial charge on any atom is 0.0546 e. The lowest BCUT2D eigenvalue weighted by Gasteiger charge is -2.31. The first kappa shape index (κ1) is 36.1. The van der Waals surface area contributed by atoms with Gasteiger partial charge in [-0.05, 0) is 130 Å². The van der Waals surface area contributed by atoms with E-state index in [0.29, 0.717) is 0 Å². The Morgan fingerprint density at radius 2 is 0.823 bits per heavy atom. The first-order chi connectivity index (χ1) is 30.5. The molecule has 1 nitrogen and oxygen atoms in total. The minimum absolute atomic E-state index is 0.159. The van der Waals surface area contributed by atoms with Gasteiger partial charge in [0.1, 0.15) is 0 Å². The first-order valence-electron chi connectivity index (χ1n) is 21.7. The van der Waals surface area contributed by atoms with Crippen molar-refractivity contribution < 1.29 is 0 Å². The van der Waals surface area contributed by atoms with Gasteiger partial charge < -0.3 is 4.90 Å². The summed E-state index contributed by atoms with van der Waals surface area (Å²) < 4.78 is 0. The molecule has 0 spiro atoms. The van der Waals surface area contributed by atoms with Gasteiger partial charge in [0.2, 0.25) is 0 Å². The Labute approximate surface area is 362 Å². The number of benzene rings is 11. The third-order valence-corrected chi connectivity index (χ3v) is 13.5. The molecule has 1 aliphatic carbocycles. The Morgan fingerprint density at radius 3 is 1.58 bits per heavy atom. The van der Waals surface area contributed by atoms with E-state index >= 15 is 0 Å². The zero-order chi connectivity index (χ0) is 41.4. The summed E-state index contributed by atoms with van der Waals surface area (Å²) in [6.07, 6.45) is 0. The molecule has 292 valence electrons. The molecule has 0 heterocycles. The third-order valence-electron chi connectivity index (χ3n) is 13.5. The van der Waals surface area contributed by atoms with E-state index in [1.54, 1.807) is 0 Å². The zero-order valence-corrected chi connectivity index (χ0v) is 34.8. The molecule has 0 saturated heterocycles. The molecule has 0 bridgehead atoms. The van der Waals surface area contributed by atoms with Gasteiger partial charge in [0.05, 0.1) is 5.69 Å². The van der Waals surface area contributed by atoms with Crippen molar-refractivity contribution in [2.24, 2.45) is 0 Å². The monoisotopic (exact) mass is 789 g/mol. The predicted molar refractivity (Wildman–Crippen MR) is 265 cm³/mol. The molecule has 0 aliphatic heterocycles. The molecule has 12 rings (SSSR count). The third kappa shape index (κ3) is 5.62. The molecule has 0 fully saturated rings. The van der Waals surface area contributed by atoms with E-state index in [1.165, 1.54) is 98.7 Å². The van der Waals surface area contributed by atoms with E-state index in [-0.39, 0.29) is 5.41 Å². The van der Waals surface area contributed by atoms with Crippen LogP contribution in [-0.2, 0) is 5.41 Å². The average molecular weight is 790 g/mol. The highest BCUT2D eigenvalue weighted by molar-refractivity contribution is 6.17. The van der Waals surface area contributed by atoms with Gasteiger partial charge in [0.15, 0.2) is 0 Å². The summed E-state index contributed by atoms with van der Waals surface area (Å²) in [4.78, 5) is 2.51. The molecule has 11 aromatic rings. The summed E-state index contributed by atoms with van der Waals surface area (Å²) in [5.41, 5.74) is 15.8. The maximum absolute atomic E-state index is 2.51. The van der Waals surface area contributed by atoms with Gasteiger partial charge in [0.25, 0.3) is 0 Å². The highest BCUT2D eigenvalue weighted by atomic mass is 15.1. The quantitative estimate of drug-likeness (QED) is 0.152. The highest BCUT2D eigenvalue weighted by Gasteiger charge is 2.36. The van der Waals surface area contributed by atoms with Crippen molar-refractivity contribution in [1.82, 2.24) is 0 Å². The fraction of sp³-hybridized carbons (Fsp3) is 0.0492. The van der Waals surface area contributed by atoms with Crippen LogP contribution in [0.2, 0.25) is 0 Å². The number of anilines is 3. The molecule has 0 radical (unpaired) electrons. The van der Waals surface area contributed by atoms with Crippen LogP contribution >= 0.6 is 0 Å². The average Bonchev–Trinajstić information content (AvgIpc) is 3.56. The van der Waals surface area contributed by atoms with Crippen LogP contribution in [0, 0.1) is 0 Å². The molecule has 0 unspecified atom stereocenters. The normalized spacial score (nSPS) is 12.8. The summed E-state index contributed by atoms with van der Waals surface area (Å²) >= 11 is 0. The smallest absolute Gasteiger partial charge is 0.0546 e. The molecule has 11 aromatic carbocycles. The van der Waals surface area contributed by atoms with Gasteiger partial charge >= 0.3 is 0 Å². The second-order valence-corrected chi connectivity index (χ2v) is 17.2. The Kier molecular flexibility index (Phi) is 8.27. The SMILES string of the molecule is CC1(C)c2ccccc2-c2ccc(N(c3ccc(-c4cccc5ccccc45)cc3)c3cccc(-c4cccc5ccccc45)c3-c3cc4ccccc4c4ccccc34)cc21. The molecular weight excluding hydrogens is 747 g/mol. The number of hydrogen-bond acceptors (Lipinski definition) is 1. The van der Waals surface area contributed by atoms with E-state index in [9.17, 15) is 0 Å². The predicted octanol–water partition coefficient (Wildman–Crippen LogP) is 17.1. The lowest BCUT2D eigenvalue weighted by Crippen LogP contribution is -2.17. The summed E-state index contributed by atoms with van der Waals surface area (Å²) in [6, 6.07) is 83.2. The summed E-state index contributed by atoms with van der Waals surface area (Å²) in [6.45, 7) is 4.75. The number of hydrogen-bond donors (Lipinski definition) is 0. The van der Waals surface area contributed by atoms with Gasteiger partial charge in [0, 0.05) is 22.4 Å². The van der Waals surface area contributed by atoms with E-state index in [0.717, 1.165) is 17.1 Å². The topological polar surface area (TPSA) is 3.24 Å².